The highest BCUT2D eigenvalue weighted by Gasteiger charge is 2.12. The second kappa shape index (κ2) is 4.97. The van der Waals surface area contributed by atoms with Crippen LogP contribution in [-0.4, -0.2) is 17.0 Å². The van der Waals surface area contributed by atoms with Crippen molar-refractivity contribution in [2.45, 2.75) is 13.8 Å². The van der Waals surface area contributed by atoms with E-state index >= 15 is 0 Å². The summed E-state index contributed by atoms with van der Waals surface area (Å²) in [5, 5.41) is 11.6. The molecule has 2 aromatic rings. The van der Waals surface area contributed by atoms with Crippen LogP contribution < -0.4 is 5.32 Å². The summed E-state index contributed by atoms with van der Waals surface area (Å²) in [5.74, 6) is -0.724. The molecule has 0 bridgehead atoms. The number of carboxylic acids is 1. The average molecular weight is 259 g/mol. The van der Waals surface area contributed by atoms with Crippen LogP contribution in [0.4, 0.5) is 5.69 Å². The summed E-state index contributed by atoms with van der Waals surface area (Å²) in [7, 11) is 0. The Bertz CT molecular complexity index is 643. The van der Waals surface area contributed by atoms with Crippen molar-refractivity contribution in [3.63, 3.8) is 0 Å². The molecule has 0 radical (unpaired) electrons. The molecule has 2 rings (SSSR count). The number of hydrogen-bond acceptors (Lipinski definition) is 3. The summed E-state index contributed by atoms with van der Waals surface area (Å²) in [6, 6.07) is 6.20. The molecule has 19 heavy (non-hydrogen) atoms. The molecule has 0 atom stereocenters. The first-order valence-corrected chi connectivity index (χ1v) is 5.68. The van der Waals surface area contributed by atoms with E-state index in [0.29, 0.717) is 17.0 Å². The SMILES string of the molecule is Cc1cc(C(=O)Nc2cc(C(=O)O)ccc2C)co1. The van der Waals surface area contributed by atoms with Crippen molar-refractivity contribution in [3.05, 3.63) is 53.0 Å². The number of anilines is 1. The molecule has 0 spiro atoms. The van der Waals surface area contributed by atoms with E-state index in [0.717, 1.165) is 5.56 Å². The molecular formula is C14H13NO4. The van der Waals surface area contributed by atoms with Gasteiger partial charge in [0, 0.05) is 5.69 Å². The van der Waals surface area contributed by atoms with Gasteiger partial charge in [-0.15, -0.1) is 0 Å². The van der Waals surface area contributed by atoms with Crippen LogP contribution in [0.15, 0.2) is 34.9 Å². The number of hydrogen-bond donors (Lipinski definition) is 2. The Morgan fingerprint density at radius 3 is 2.47 bits per heavy atom. The maximum atomic E-state index is 11.9. The van der Waals surface area contributed by atoms with Crippen molar-refractivity contribution in [1.82, 2.24) is 0 Å². The van der Waals surface area contributed by atoms with Gasteiger partial charge in [-0.1, -0.05) is 6.07 Å². The normalized spacial score (nSPS) is 10.2. The molecule has 0 saturated heterocycles. The van der Waals surface area contributed by atoms with Crippen molar-refractivity contribution < 1.29 is 19.1 Å². The van der Waals surface area contributed by atoms with Gasteiger partial charge in [0.2, 0.25) is 0 Å². The van der Waals surface area contributed by atoms with E-state index < -0.39 is 5.97 Å². The zero-order valence-electron chi connectivity index (χ0n) is 10.6. The third kappa shape index (κ3) is 2.82. The van der Waals surface area contributed by atoms with Crippen molar-refractivity contribution >= 4 is 17.6 Å². The zero-order valence-corrected chi connectivity index (χ0v) is 10.6. The molecule has 1 aromatic carbocycles. The van der Waals surface area contributed by atoms with Crippen LogP contribution in [0.1, 0.15) is 32.0 Å². The van der Waals surface area contributed by atoms with E-state index in [4.69, 9.17) is 9.52 Å². The first kappa shape index (κ1) is 12.9. The molecule has 1 amide bonds. The van der Waals surface area contributed by atoms with Crippen molar-refractivity contribution in [2.24, 2.45) is 0 Å². The fourth-order valence-electron chi connectivity index (χ4n) is 1.65. The summed E-state index contributed by atoms with van der Waals surface area (Å²) in [6.45, 7) is 3.54. The minimum atomic E-state index is -1.03. The number of amides is 1. The number of carbonyl (C=O) groups excluding carboxylic acids is 1. The number of furan rings is 1. The van der Waals surface area contributed by atoms with Crippen molar-refractivity contribution in [2.75, 3.05) is 5.32 Å². The third-order valence-electron chi connectivity index (χ3n) is 2.73. The Kier molecular flexibility index (Phi) is 3.37. The Labute approximate surface area is 109 Å². The molecule has 0 aliphatic carbocycles. The van der Waals surface area contributed by atoms with Crippen LogP contribution in [-0.2, 0) is 0 Å². The number of nitrogens with one attached hydrogen (secondary N) is 1. The number of aromatic carboxylic acids is 1. The van der Waals surface area contributed by atoms with Gasteiger partial charge < -0.3 is 14.8 Å². The van der Waals surface area contributed by atoms with Crippen LogP contribution in [0.2, 0.25) is 0 Å². The highest BCUT2D eigenvalue weighted by Crippen LogP contribution is 2.18. The minimum Gasteiger partial charge on any atom is -0.478 e. The smallest absolute Gasteiger partial charge is 0.335 e. The first-order valence-electron chi connectivity index (χ1n) is 5.68. The zero-order chi connectivity index (χ0) is 14.0. The number of carbonyl (C=O) groups is 2. The van der Waals surface area contributed by atoms with Gasteiger partial charge in [-0.05, 0) is 37.6 Å². The predicted octanol–water partition coefficient (Wildman–Crippen LogP) is 2.85. The van der Waals surface area contributed by atoms with Gasteiger partial charge >= 0.3 is 5.97 Å². The Balaban J connectivity index is 2.25. The number of benzene rings is 1. The fraction of sp³-hybridized carbons (Fsp3) is 0.143. The molecule has 1 heterocycles. The van der Waals surface area contributed by atoms with Crippen LogP contribution in [0.25, 0.3) is 0 Å². The minimum absolute atomic E-state index is 0.129. The lowest BCUT2D eigenvalue weighted by Crippen LogP contribution is -2.12. The summed E-state index contributed by atoms with van der Waals surface area (Å²) in [5.41, 5.74) is 1.80. The maximum absolute atomic E-state index is 11.9. The van der Waals surface area contributed by atoms with Gasteiger partial charge in [-0.2, -0.15) is 0 Å². The highest BCUT2D eigenvalue weighted by molar-refractivity contribution is 6.05. The lowest BCUT2D eigenvalue weighted by atomic mass is 10.1. The summed E-state index contributed by atoms with van der Waals surface area (Å²) >= 11 is 0. The molecule has 0 fully saturated rings. The quantitative estimate of drug-likeness (QED) is 0.888. The standard InChI is InChI=1S/C14H13NO4/c1-8-3-4-10(14(17)18)6-12(8)15-13(16)11-5-9(2)19-7-11/h3-7H,1-2H3,(H,15,16)(H,17,18). The van der Waals surface area contributed by atoms with Crippen LogP contribution in [0, 0.1) is 13.8 Å². The lowest BCUT2D eigenvalue weighted by Gasteiger charge is -2.08. The van der Waals surface area contributed by atoms with E-state index in [1.807, 2.05) is 0 Å². The maximum Gasteiger partial charge on any atom is 0.335 e. The molecule has 0 unspecified atom stereocenters. The van der Waals surface area contributed by atoms with Gasteiger partial charge in [-0.25, -0.2) is 4.79 Å². The van der Waals surface area contributed by atoms with Gasteiger partial charge in [0.15, 0.2) is 0 Å². The monoisotopic (exact) mass is 259 g/mol. The van der Waals surface area contributed by atoms with E-state index in [1.165, 1.54) is 18.4 Å². The molecule has 0 aliphatic rings. The van der Waals surface area contributed by atoms with Crippen LogP contribution in [0.3, 0.4) is 0 Å². The molecule has 2 N–H and O–H groups in total. The second-order valence-electron chi connectivity index (χ2n) is 4.24. The van der Waals surface area contributed by atoms with E-state index in [-0.39, 0.29) is 11.5 Å². The third-order valence-corrected chi connectivity index (χ3v) is 2.73. The molecule has 0 aliphatic heterocycles. The molecule has 5 heteroatoms. The fourth-order valence-corrected chi connectivity index (χ4v) is 1.65. The lowest BCUT2D eigenvalue weighted by molar-refractivity contribution is 0.0696. The van der Waals surface area contributed by atoms with Crippen LogP contribution >= 0.6 is 0 Å². The Morgan fingerprint density at radius 1 is 1.16 bits per heavy atom. The molecular weight excluding hydrogens is 246 g/mol. The highest BCUT2D eigenvalue weighted by atomic mass is 16.4. The summed E-state index contributed by atoms with van der Waals surface area (Å²) in [4.78, 5) is 22.8. The van der Waals surface area contributed by atoms with E-state index in [9.17, 15) is 9.59 Å². The number of aryl methyl sites for hydroxylation is 2. The van der Waals surface area contributed by atoms with Gasteiger partial charge in [0.25, 0.3) is 5.91 Å². The number of carboxylic acid groups (broad SMARTS) is 1. The summed E-state index contributed by atoms with van der Waals surface area (Å²) in [6.07, 6.45) is 1.36. The van der Waals surface area contributed by atoms with Gasteiger partial charge in [0.1, 0.15) is 12.0 Å². The van der Waals surface area contributed by atoms with Crippen molar-refractivity contribution in [3.8, 4) is 0 Å². The topological polar surface area (TPSA) is 79.5 Å². The second-order valence-corrected chi connectivity index (χ2v) is 4.24. The molecule has 98 valence electrons. The van der Waals surface area contributed by atoms with Crippen molar-refractivity contribution in [1.29, 1.82) is 0 Å². The Hall–Kier alpha value is -2.56. The average Bonchev–Trinajstić information content (AvgIpc) is 2.78. The summed E-state index contributed by atoms with van der Waals surface area (Å²) < 4.78 is 5.06. The van der Waals surface area contributed by atoms with E-state index in [1.54, 1.807) is 26.0 Å². The van der Waals surface area contributed by atoms with Crippen LogP contribution in [0.5, 0.6) is 0 Å². The predicted molar refractivity (Wildman–Crippen MR) is 69.5 cm³/mol. The molecule has 1 aromatic heterocycles. The first-order chi connectivity index (χ1) is 8.97. The Morgan fingerprint density at radius 2 is 1.89 bits per heavy atom. The van der Waals surface area contributed by atoms with E-state index in [2.05, 4.69) is 5.32 Å². The number of rotatable bonds is 3. The largest absolute Gasteiger partial charge is 0.478 e. The molecule has 0 saturated carbocycles. The van der Waals surface area contributed by atoms with Gasteiger partial charge in [-0.3, -0.25) is 4.79 Å². The molecule has 5 nitrogen and oxygen atoms in total. The van der Waals surface area contributed by atoms with Gasteiger partial charge in [0.05, 0.1) is 11.1 Å².